The van der Waals surface area contributed by atoms with Gasteiger partial charge in [-0.1, -0.05) is 39.0 Å². The molecular formula is C17H24ClNO. The molecule has 0 bridgehead atoms. The van der Waals surface area contributed by atoms with Crippen LogP contribution in [0.3, 0.4) is 0 Å². The number of alkyl halides is 1. The number of carbonyl (C=O) groups excluding carboxylic acids is 1. The van der Waals surface area contributed by atoms with Crippen molar-refractivity contribution < 1.29 is 4.79 Å². The molecule has 110 valence electrons. The van der Waals surface area contributed by atoms with Gasteiger partial charge in [-0.2, -0.15) is 0 Å². The summed E-state index contributed by atoms with van der Waals surface area (Å²) in [4.78, 5) is 14.8. The van der Waals surface area contributed by atoms with E-state index in [0.29, 0.717) is 11.8 Å². The maximum Gasteiger partial charge on any atom is 0.254 e. The van der Waals surface area contributed by atoms with E-state index in [-0.39, 0.29) is 11.3 Å². The van der Waals surface area contributed by atoms with Gasteiger partial charge < -0.3 is 4.90 Å². The van der Waals surface area contributed by atoms with E-state index in [4.69, 9.17) is 11.6 Å². The van der Waals surface area contributed by atoms with Crippen molar-refractivity contribution in [3.05, 3.63) is 35.4 Å². The minimum Gasteiger partial charge on any atom is -0.338 e. The van der Waals surface area contributed by atoms with Gasteiger partial charge in [0.15, 0.2) is 0 Å². The molecule has 0 spiro atoms. The maximum atomic E-state index is 12.8. The summed E-state index contributed by atoms with van der Waals surface area (Å²) in [5.74, 6) is 1.24. The molecule has 0 aliphatic carbocycles. The van der Waals surface area contributed by atoms with Gasteiger partial charge in [0.2, 0.25) is 0 Å². The van der Waals surface area contributed by atoms with E-state index in [1.165, 1.54) is 0 Å². The first-order chi connectivity index (χ1) is 9.43. The minimum absolute atomic E-state index is 0.0199. The second-order valence-corrected chi connectivity index (χ2v) is 7.02. The molecule has 1 fully saturated rings. The molecule has 1 saturated heterocycles. The number of nitrogens with zero attached hydrogens (tertiary/aromatic N) is 1. The number of carbonyl (C=O) groups is 1. The lowest BCUT2D eigenvalue weighted by Gasteiger charge is -2.33. The number of hydrogen-bond donors (Lipinski definition) is 0. The molecule has 1 unspecified atom stereocenters. The fourth-order valence-corrected chi connectivity index (χ4v) is 3.12. The molecule has 3 heteroatoms. The number of piperidine rings is 1. The summed E-state index contributed by atoms with van der Waals surface area (Å²) >= 11 is 5.96. The van der Waals surface area contributed by atoms with Gasteiger partial charge >= 0.3 is 0 Å². The molecule has 2 nitrogen and oxygen atoms in total. The maximum absolute atomic E-state index is 12.8. The second-order valence-electron chi connectivity index (χ2n) is 6.71. The van der Waals surface area contributed by atoms with Gasteiger partial charge in [-0.05, 0) is 35.8 Å². The van der Waals surface area contributed by atoms with Crippen molar-refractivity contribution >= 4 is 17.5 Å². The lowest BCUT2D eigenvalue weighted by Crippen LogP contribution is -2.41. The number of likely N-dealkylation sites (tertiary alicyclic amines) is 1. The van der Waals surface area contributed by atoms with E-state index in [1.54, 1.807) is 0 Å². The Balaban J connectivity index is 2.25. The highest BCUT2D eigenvalue weighted by atomic mass is 35.5. The molecule has 1 amide bonds. The highest BCUT2D eigenvalue weighted by Gasteiger charge is 2.27. The average Bonchev–Trinajstić information content (AvgIpc) is 2.45. The van der Waals surface area contributed by atoms with Gasteiger partial charge in [-0.3, -0.25) is 4.79 Å². The Morgan fingerprint density at radius 2 is 2.05 bits per heavy atom. The van der Waals surface area contributed by atoms with Crippen molar-refractivity contribution in [2.75, 3.05) is 19.0 Å². The van der Waals surface area contributed by atoms with Gasteiger partial charge in [0, 0.05) is 24.5 Å². The summed E-state index contributed by atoms with van der Waals surface area (Å²) in [6.45, 7) is 8.09. The van der Waals surface area contributed by atoms with Gasteiger partial charge in [-0.15, -0.1) is 11.6 Å². The van der Waals surface area contributed by atoms with E-state index >= 15 is 0 Å². The van der Waals surface area contributed by atoms with Crippen molar-refractivity contribution in [1.29, 1.82) is 0 Å². The molecule has 1 aromatic carbocycles. The van der Waals surface area contributed by atoms with E-state index in [2.05, 4.69) is 26.8 Å². The van der Waals surface area contributed by atoms with Crippen LogP contribution in [0.15, 0.2) is 24.3 Å². The largest absolute Gasteiger partial charge is 0.338 e. The molecule has 0 aromatic heterocycles. The summed E-state index contributed by atoms with van der Waals surface area (Å²) in [7, 11) is 0. The number of benzene rings is 1. The molecule has 1 aliphatic heterocycles. The summed E-state index contributed by atoms with van der Waals surface area (Å²) in [5, 5.41) is 0. The van der Waals surface area contributed by atoms with Gasteiger partial charge in [-0.25, -0.2) is 0 Å². The zero-order chi connectivity index (χ0) is 14.8. The molecule has 0 N–H and O–H groups in total. The van der Waals surface area contributed by atoms with E-state index in [9.17, 15) is 4.79 Å². The lowest BCUT2D eigenvalue weighted by molar-refractivity contribution is 0.0682. The first-order valence-electron chi connectivity index (χ1n) is 7.38. The van der Waals surface area contributed by atoms with Crippen molar-refractivity contribution in [2.24, 2.45) is 5.92 Å². The van der Waals surface area contributed by atoms with Crippen LogP contribution in [0.2, 0.25) is 0 Å². The lowest BCUT2D eigenvalue weighted by atomic mass is 9.83. The Morgan fingerprint density at radius 3 is 2.70 bits per heavy atom. The predicted octanol–water partition coefficient (Wildman–Crippen LogP) is 4.08. The SMILES string of the molecule is CC(C)(C)c1ccccc1C(=O)N1CCCC(CCl)C1. The van der Waals surface area contributed by atoms with Crippen molar-refractivity contribution in [1.82, 2.24) is 4.90 Å². The van der Waals surface area contributed by atoms with Crippen LogP contribution in [-0.4, -0.2) is 29.8 Å². The topological polar surface area (TPSA) is 20.3 Å². The summed E-state index contributed by atoms with van der Waals surface area (Å²) in [5.41, 5.74) is 1.95. The molecule has 2 rings (SSSR count). The molecule has 1 aliphatic rings. The third kappa shape index (κ3) is 3.35. The van der Waals surface area contributed by atoms with Crippen molar-refractivity contribution in [3.63, 3.8) is 0 Å². The van der Waals surface area contributed by atoms with Gasteiger partial charge in [0.1, 0.15) is 0 Å². The zero-order valence-electron chi connectivity index (χ0n) is 12.7. The fourth-order valence-electron chi connectivity index (χ4n) is 2.87. The van der Waals surface area contributed by atoms with Crippen LogP contribution in [-0.2, 0) is 5.41 Å². The minimum atomic E-state index is -0.0199. The van der Waals surface area contributed by atoms with Crippen LogP contribution in [0.1, 0.15) is 49.5 Å². The first-order valence-corrected chi connectivity index (χ1v) is 7.91. The molecule has 1 atom stereocenters. The van der Waals surface area contributed by atoms with Gasteiger partial charge in [0.25, 0.3) is 5.91 Å². The average molecular weight is 294 g/mol. The Kier molecular flexibility index (Phi) is 4.74. The van der Waals surface area contributed by atoms with Crippen LogP contribution in [0.4, 0.5) is 0 Å². The van der Waals surface area contributed by atoms with Crippen LogP contribution in [0.25, 0.3) is 0 Å². The molecule has 0 radical (unpaired) electrons. The molecule has 1 aromatic rings. The van der Waals surface area contributed by atoms with Crippen LogP contribution < -0.4 is 0 Å². The first kappa shape index (κ1) is 15.4. The fraction of sp³-hybridized carbons (Fsp3) is 0.588. The van der Waals surface area contributed by atoms with Crippen molar-refractivity contribution in [3.8, 4) is 0 Å². The Morgan fingerprint density at radius 1 is 1.35 bits per heavy atom. The molecule has 1 heterocycles. The Bertz CT molecular complexity index is 478. The van der Waals surface area contributed by atoms with Crippen LogP contribution in [0.5, 0.6) is 0 Å². The Hall–Kier alpha value is -1.02. The third-order valence-corrected chi connectivity index (χ3v) is 4.43. The zero-order valence-corrected chi connectivity index (χ0v) is 13.4. The monoisotopic (exact) mass is 293 g/mol. The quantitative estimate of drug-likeness (QED) is 0.753. The smallest absolute Gasteiger partial charge is 0.254 e. The van der Waals surface area contributed by atoms with Crippen LogP contribution >= 0.6 is 11.6 Å². The number of halogens is 1. The molecule has 0 saturated carbocycles. The molecule has 20 heavy (non-hydrogen) atoms. The summed E-state index contributed by atoms with van der Waals surface area (Å²) < 4.78 is 0. The number of amides is 1. The highest BCUT2D eigenvalue weighted by molar-refractivity contribution is 6.18. The Labute approximate surface area is 127 Å². The number of rotatable bonds is 2. The molecular weight excluding hydrogens is 270 g/mol. The summed E-state index contributed by atoms with van der Waals surface area (Å²) in [6, 6.07) is 7.98. The normalized spacial score (nSPS) is 20.0. The van der Waals surface area contributed by atoms with Gasteiger partial charge in [0.05, 0.1) is 0 Å². The van der Waals surface area contributed by atoms with Crippen LogP contribution in [0, 0.1) is 5.92 Å². The van der Waals surface area contributed by atoms with E-state index in [1.807, 2.05) is 23.1 Å². The third-order valence-electron chi connectivity index (χ3n) is 3.99. The highest BCUT2D eigenvalue weighted by Crippen LogP contribution is 2.28. The van der Waals surface area contributed by atoms with Crippen molar-refractivity contribution in [2.45, 2.75) is 39.0 Å². The second kappa shape index (κ2) is 6.17. The number of hydrogen-bond acceptors (Lipinski definition) is 1. The standard InChI is InChI=1S/C17H24ClNO/c1-17(2,3)15-9-5-4-8-14(15)16(20)19-10-6-7-13(11-18)12-19/h4-5,8-9,13H,6-7,10-12H2,1-3H3. The predicted molar refractivity (Wildman–Crippen MR) is 84.5 cm³/mol. The van der Waals surface area contributed by atoms with E-state index < -0.39 is 0 Å². The van der Waals surface area contributed by atoms with E-state index in [0.717, 1.165) is 37.1 Å². The summed E-state index contributed by atoms with van der Waals surface area (Å²) in [6.07, 6.45) is 2.19.